The minimum absolute atomic E-state index is 0.119. The zero-order valence-electron chi connectivity index (χ0n) is 33.6. The van der Waals surface area contributed by atoms with Crippen LogP contribution in [0.4, 0.5) is 0 Å². The van der Waals surface area contributed by atoms with Crippen molar-refractivity contribution >= 4 is 53.6 Å². The summed E-state index contributed by atoms with van der Waals surface area (Å²) in [7, 11) is -1.98. The topological polar surface area (TPSA) is 9.86 Å². The molecule has 2 heterocycles. The lowest BCUT2D eigenvalue weighted by atomic mass is 9.80. The first kappa shape index (κ1) is 34.9. The Morgan fingerprint density at radius 2 is 0.850 bits per heavy atom. The highest BCUT2D eigenvalue weighted by molar-refractivity contribution is 8.34. The standard InChI is InChI=1S/C57H42N2S/c1-57(2)50-28-13-9-24-45(50)48-36-37-54-55(56(48)57)49-27-12-16-31-53(49)58(54)39-32-34-43(35-33-39)60(41-19-5-3-6-20-41,42-21-7-4-8-22-42)44-23-17-18-40(38-44)59-51-29-14-10-25-46(51)47-26-11-15-30-52(47)59/h3-38H,1-2H3. The van der Waals surface area contributed by atoms with Crippen molar-refractivity contribution in [2.75, 3.05) is 0 Å². The zero-order valence-corrected chi connectivity index (χ0v) is 34.4. The Labute approximate surface area is 351 Å². The number of rotatable bonds is 6. The van der Waals surface area contributed by atoms with E-state index in [1.54, 1.807) is 0 Å². The van der Waals surface area contributed by atoms with Gasteiger partial charge in [0.1, 0.15) is 0 Å². The summed E-state index contributed by atoms with van der Waals surface area (Å²) >= 11 is 0. The lowest BCUT2D eigenvalue weighted by Crippen LogP contribution is -2.15. The van der Waals surface area contributed by atoms with Crippen molar-refractivity contribution in [3.8, 4) is 22.5 Å². The lowest BCUT2D eigenvalue weighted by molar-refractivity contribution is 0.666. The summed E-state index contributed by atoms with van der Waals surface area (Å²) in [6.45, 7) is 4.79. The molecule has 0 N–H and O–H groups in total. The van der Waals surface area contributed by atoms with E-state index in [0.717, 1.165) is 11.4 Å². The highest BCUT2D eigenvalue weighted by Crippen LogP contribution is 2.73. The molecular weight excluding hydrogens is 745 g/mol. The Hall–Kier alpha value is -7.07. The molecule has 0 bridgehead atoms. The van der Waals surface area contributed by atoms with Gasteiger partial charge in [-0.1, -0.05) is 141 Å². The fourth-order valence-electron chi connectivity index (χ4n) is 10.5. The number of fused-ring (bicyclic) bond motifs is 10. The van der Waals surface area contributed by atoms with Crippen LogP contribution in [0.3, 0.4) is 0 Å². The molecule has 2 aromatic heterocycles. The monoisotopic (exact) mass is 786 g/mol. The summed E-state index contributed by atoms with van der Waals surface area (Å²) in [4.78, 5) is 5.19. The minimum atomic E-state index is -1.98. The summed E-state index contributed by atoms with van der Waals surface area (Å²) < 4.78 is 4.93. The van der Waals surface area contributed by atoms with Crippen LogP contribution in [0.5, 0.6) is 0 Å². The predicted molar refractivity (Wildman–Crippen MR) is 253 cm³/mol. The van der Waals surface area contributed by atoms with Crippen molar-refractivity contribution in [3.05, 3.63) is 230 Å². The first-order valence-electron chi connectivity index (χ1n) is 20.8. The van der Waals surface area contributed by atoms with E-state index in [-0.39, 0.29) is 5.41 Å². The van der Waals surface area contributed by atoms with Crippen LogP contribution in [-0.4, -0.2) is 9.13 Å². The van der Waals surface area contributed by atoms with Gasteiger partial charge in [-0.05, 0) is 113 Å². The quantitative estimate of drug-likeness (QED) is 0.159. The largest absolute Gasteiger partial charge is 0.309 e. The molecule has 12 rings (SSSR count). The molecule has 0 atom stereocenters. The number of hydrogen-bond donors (Lipinski definition) is 0. The second-order valence-corrected chi connectivity index (χ2v) is 19.6. The van der Waals surface area contributed by atoms with Gasteiger partial charge in [-0.15, -0.1) is 10.0 Å². The molecule has 0 amide bonds. The average Bonchev–Trinajstić information content (AvgIpc) is 3.91. The molecule has 0 saturated carbocycles. The van der Waals surface area contributed by atoms with Crippen LogP contribution in [0.2, 0.25) is 0 Å². The molecule has 1 aliphatic carbocycles. The summed E-state index contributed by atoms with van der Waals surface area (Å²) in [5, 5.41) is 5.18. The second kappa shape index (κ2) is 13.2. The number of aromatic nitrogens is 2. The third-order valence-electron chi connectivity index (χ3n) is 13.0. The molecule has 2 nitrogen and oxygen atoms in total. The maximum atomic E-state index is 2.48. The second-order valence-electron chi connectivity index (χ2n) is 16.5. The van der Waals surface area contributed by atoms with Crippen LogP contribution < -0.4 is 0 Å². The molecule has 9 aromatic carbocycles. The van der Waals surface area contributed by atoms with Gasteiger partial charge in [-0.25, -0.2) is 0 Å². The van der Waals surface area contributed by atoms with Crippen LogP contribution in [-0.2, 0) is 5.41 Å². The lowest BCUT2D eigenvalue weighted by Gasteiger charge is -2.42. The summed E-state index contributed by atoms with van der Waals surface area (Å²) in [5.74, 6) is 0. The van der Waals surface area contributed by atoms with Crippen molar-refractivity contribution in [1.29, 1.82) is 0 Å². The molecule has 286 valence electrons. The normalized spacial score (nSPS) is 13.6. The van der Waals surface area contributed by atoms with Crippen molar-refractivity contribution in [2.24, 2.45) is 0 Å². The summed E-state index contributed by atoms with van der Waals surface area (Å²) in [5.41, 5.74) is 12.6. The number of nitrogens with zero attached hydrogens (tertiary/aromatic N) is 2. The van der Waals surface area contributed by atoms with Gasteiger partial charge in [-0.2, -0.15) is 0 Å². The Bertz CT molecular complexity index is 3350. The molecule has 0 radical (unpaired) electrons. The van der Waals surface area contributed by atoms with Gasteiger partial charge in [0.05, 0.1) is 22.1 Å². The van der Waals surface area contributed by atoms with Crippen LogP contribution in [0, 0.1) is 0 Å². The Morgan fingerprint density at radius 1 is 0.350 bits per heavy atom. The number of hydrogen-bond acceptors (Lipinski definition) is 0. The Morgan fingerprint density at radius 3 is 1.50 bits per heavy atom. The Kier molecular flexibility index (Phi) is 7.70. The third-order valence-corrected chi connectivity index (χ3v) is 16.9. The Balaban J connectivity index is 1.09. The van der Waals surface area contributed by atoms with Crippen molar-refractivity contribution in [2.45, 2.75) is 38.8 Å². The van der Waals surface area contributed by atoms with Gasteiger partial charge >= 0.3 is 0 Å². The highest BCUT2D eigenvalue weighted by Gasteiger charge is 2.38. The van der Waals surface area contributed by atoms with E-state index in [2.05, 4.69) is 241 Å². The van der Waals surface area contributed by atoms with E-state index in [4.69, 9.17) is 0 Å². The van der Waals surface area contributed by atoms with Crippen LogP contribution >= 0.6 is 10.0 Å². The van der Waals surface area contributed by atoms with Crippen molar-refractivity contribution < 1.29 is 0 Å². The first-order chi connectivity index (χ1) is 29.5. The van der Waals surface area contributed by atoms with E-state index in [1.165, 1.54) is 85.4 Å². The van der Waals surface area contributed by atoms with Crippen molar-refractivity contribution in [1.82, 2.24) is 9.13 Å². The highest BCUT2D eigenvalue weighted by atomic mass is 32.3. The molecule has 0 fully saturated rings. The fourth-order valence-corrected chi connectivity index (χ4v) is 14.4. The van der Waals surface area contributed by atoms with Crippen LogP contribution in [0.1, 0.15) is 25.0 Å². The van der Waals surface area contributed by atoms with Gasteiger partial charge in [0.15, 0.2) is 0 Å². The van der Waals surface area contributed by atoms with E-state index in [9.17, 15) is 0 Å². The molecule has 3 heteroatoms. The zero-order chi connectivity index (χ0) is 40.0. The summed E-state index contributed by atoms with van der Waals surface area (Å²) in [6, 6.07) is 81.4. The van der Waals surface area contributed by atoms with E-state index in [0.29, 0.717) is 0 Å². The van der Waals surface area contributed by atoms with Gasteiger partial charge in [0, 0.05) is 57.9 Å². The molecule has 0 unspecified atom stereocenters. The van der Waals surface area contributed by atoms with Crippen LogP contribution in [0.15, 0.2) is 238 Å². The predicted octanol–water partition coefficient (Wildman–Crippen LogP) is 15.5. The van der Waals surface area contributed by atoms with Crippen LogP contribution in [0.25, 0.3) is 66.1 Å². The van der Waals surface area contributed by atoms with Crippen molar-refractivity contribution in [3.63, 3.8) is 0 Å². The number of para-hydroxylation sites is 3. The van der Waals surface area contributed by atoms with Gasteiger partial charge in [0.2, 0.25) is 0 Å². The van der Waals surface area contributed by atoms with Gasteiger partial charge in [-0.3, -0.25) is 0 Å². The molecule has 0 saturated heterocycles. The molecule has 0 spiro atoms. The maximum absolute atomic E-state index is 2.48. The molecule has 60 heavy (non-hydrogen) atoms. The number of benzene rings is 9. The van der Waals surface area contributed by atoms with E-state index < -0.39 is 10.0 Å². The van der Waals surface area contributed by atoms with E-state index in [1.807, 2.05) is 0 Å². The average molecular weight is 787 g/mol. The minimum Gasteiger partial charge on any atom is -0.309 e. The smallest absolute Gasteiger partial charge is 0.0544 e. The SMILES string of the molecule is CC1(C)c2ccccc2-c2ccc3c(c21)c1ccccc1n3-c1ccc(S(c2ccccc2)(c2ccccc2)c2cccc(-n3c4ccccc4c4ccccc43)c2)cc1. The molecule has 11 aromatic rings. The maximum Gasteiger partial charge on any atom is 0.0544 e. The molecule has 1 aliphatic rings. The molecular formula is C57H42N2S. The first-order valence-corrected chi connectivity index (χ1v) is 22.5. The van der Waals surface area contributed by atoms with Gasteiger partial charge in [0.25, 0.3) is 0 Å². The fraction of sp³-hybridized carbons (Fsp3) is 0.0526. The summed E-state index contributed by atoms with van der Waals surface area (Å²) in [6.07, 6.45) is 0. The van der Waals surface area contributed by atoms with E-state index >= 15 is 0 Å². The third kappa shape index (κ3) is 4.84. The molecule has 0 aliphatic heterocycles. The van der Waals surface area contributed by atoms with Gasteiger partial charge < -0.3 is 9.13 Å².